The van der Waals surface area contributed by atoms with Gasteiger partial charge < -0.3 is 14.8 Å². The van der Waals surface area contributed by atoms with Gasteiger partial charge >= 0.3 is 0 Å². The SMILES string of the molecule is CCC(NC(=O)C(C)Oc1ccccc1)c1ccc(OC)c(C)c1. The quantitative estimate of drug-likeness (QED) is 0.835. The van der Waals surface area contributed by atoms with Crippen LogP contribution in [0.2, 0.25) is 0 Å². The van der Waals surface area contributed by atoms with Crippen molar-refractivity contribution in [1.82, 2.24) is 5.32 Å². The molecule has 0 aliphatic carbocycles. The van der Waals surface area contributed by atoms with E-state index in [1.807, 2.05) is 56.3 Å². The van der Waals surface area contributed by atoms with Gasteiger partial charge in [-0.05, 0) is 49.6 Å². The van der Waals surface area contributed by atoms with Crippen LogP contribution in [-0.2, 0) is 4.79 Å². The molecule has 4 heteroatoms. The molecule has 0 spiro atoms. The first-order valence-corrected chi connectivity index (χ1v) is 8.21. The van der Waals surface area contributed by atoms with Crippen molar-refractivity contribution in [2.24, 2.45) is 0 Å². The number of carbonyl (C=O) groups excluding carboxylic acids is 1. The molecule has 0 saturated heterocycles. The zero-order valence-electron chi connectivity index (χ0n) is 14.7. The molecule has 0 aromatic heterocycles. The Labute approximate surface area is 143 Å². The van der Waals surface area contributed by atoms with E-state index in [1.165, 1.54) is 0 Å². The standard InChI is InChI=1S/C20H25NO3/c1-5-18(16-11-12-19(23-4)14(2)13-16)21-20(22)15(3)24-17-9-7-6-8-10-17/h6-13,15,18H,5H2,1-4H3,(H,21,22). The molecule has 2 rings (SSSR count). The molecular weight excluding hydrogens is 302 g/mol. The van der Waals surface area contributed by atoms with Crippen LogP contribution < -0.4 is 14.8 Å². The van der Waals surface area contributed by atoms with Crippen LogP contribution in [0.1, 0.15) is 37.4 Å². The van der Waals surface area contributed by atoms with Gasteiger partial charge in [0.05, 0.1) is 13.2 Å². The molecule has 2 aromatic carbocycles. The maximum Gasteiger partial charge on any atom is 0.261 e. The number of carbonyl (C=O) groups is 1. The summed E-state index contributed by atoms with van der Waals surface area (Å²) in [5, 5.41) is 3.06. The van der Waals surface area contributed by atoms with Crippen molar-refractivity contribution in [2.75, 3.05) is 7.11 Å². The van der Waals surface area contributed by atoms with Crippen molar-refractivity contribution in [3.63, 3.8) is 0 Å². The first-order valence-electron chi connectivity index (χ1n) is 8.21. The Kier molecular flexibility index (Phi) is 6.24. The molecule has 0 heterocycles. The van der Waals surface area contributed by atoms with Gasteiger partial charge in [-0.2, -0.15) is 0 Å². The minimum absolute atomic E-state index is 0.0519. The highest BCUT2D eigenvalue weighted by atomic mass is 16.5. The number of amides is 1. The molecule has 0 aliphatic heterocycles. The number of hydrogen-bond acceptors (Lipinski definition) is 3. The van der Waals surface area contributed by atoms with Crippen molar-refractivity contribution in [2.45, 2.75) is 39.3 Å². The van der Waals surface area contributed by atoms with Gasteiger partial charge in [-0.25, -0.2) is 0 Å². The van der Waals surface area contributed by atoms with Crippen molar-refractivity contribution in [1.29, 1.82) is 0 Å². The predicted molar refractivity (Wildman–Crippen MR) is 95.4 cm³/mol. The molecule has 4 nitrogen and oxygen atoms in total. The van der Waals surface area contributed by atoms with Gasteiger partial charge in [0.15, 0.2) is 6.10 Å². The van der Waals surface area contributed by atoms with E-state index in [1.54, 1.807) is 14.0 Å². The lowest BCUT2D eigenvalue weighted by molar-refractivity contribution is -0.128. The van der Waals surface area contributed by atoms with Crippen molar-refractivity contribution in [3.8, 4) is 11.5 Å². The van der Waals surface area contributed by atoms with Crippen LogP contribution in [0.4, 0.5) is 0 Å². The number of methoxy groups -OCH3 is 1. The number of aryl methyl sites for hydroxylation is 1. The largest absolute Gasteiger partial charge is 0.496 e. The number of rotatable bonds is 7. The lowest BCUT2D eigenvalue weighted by Gasteiger charge is -2.21. The Balaban J connectivity index is 2.03. The molecule has 0 fully saturated rings. The Bertz CT molecular complexity index is 670. The van der Waals surface area contributed by atoms with Crippen molar-refractivity contribution < 1.29 is 14.3 Å². The summed E-state index contributed by atoms with van der Waals surface area (Å²) in [5.41, 5.74) is 2.12. The van der Waals surface area contributed by atoms with Gasteiger partial charge in [-0.15, -0.1) is 0 Å². The average Bonchev–Trinajstić information content (AvgIpc) is 2.60. The van der Waals surface area contributed by atoms with Crippen LogP contribution >= 0.6 is 0 Å². The Hall–Kier alpha value is -2.49. The van der Waals surface area contributed by atoms with Crippen LogP contribution in [0, 0.1) is 6.92 Å². The summed E-state index contributed by atoms with van der Waals surface area (Å²) in [6.07, 6.45) is 0.246. The summed E-state index contributed by atoms with van der Waals surface area (Å²) >= 11 is 0. The van der Waals surface area contributed by atoms with Gasteiger partial charge in [-0.3, -0.25) is 4.79 Å². The molecule has 0 aliphatic rings. The number of ether oxygens (including phenoxy) is 2. The maximum absolute atomic E-state index is 12.4. The smallest absolute Gasteiger partial charge is 0.261 e. The van der Waals surface area contributed by atoms with Gasteiger partial charge in [0, 0.05) is 0 Å². The highest BCUT2D eigenvalue weighted by Crippen LogP contribution is 2.24. The highest BCUT2D eigenvalue weighted by molar-refractivity contribution is 5.81. The molecule has 0 bridgehead atoms. The van der Waals surface area contributed by atoms with E-state index >= 15 is 0 Å². The number of benzene rings is 2. The molecule has 24 heavy (non-hydrogen) atoms. The van der Waals surface area contributed by atoms with E-state index in [0.29, 0.717) is 5.75 Å². The Morgan fingerprint density at radius 3 is 2.46 bits per heavy atom. The number of para-hydroxylation sites is 1. The fraction of sp³-hybridized carbons (Fsp3) is 0.350. The van der Waals surface area contributed by atoms with Crippen molar-refractivity contribution in [3.05, 3.63) is 59.7 Å². The molecular formula is C20H25NO3. The summed E-state index contributed by atoms with van der Waals surface area (Å²) in [7, 11) is 1.66. The third kappa shape index (κ3) is 4.51. The Morgan fingerprint density at radius 1 is 1.17 bits per heavy atom. The predicted octanol–water partition coefficient (Wildman–Crippen LogP) is 4.04. The van der Waals surface area contributed by atoms with E-state index in [9.17, 15) is 4.79 Å². The van der Waals surface area contributed by atoms with E-state index in [0.717, 1.165) is 23.3 Å². The van der Waals surface area contributed by atoms with Crippen LogP contribution in [0.25, 0.3) is 0 Å². The van der Waals surface area contributed by atoms with Crippen LogP contribution in [-0.4, -0.2) is 19.1 Å². The molecule has 0 saturated carbocycles. The van der Waals surface area contributed by atoms with Gasteiger partial charge in [0.1, 0.15) is 11.5 Å². The number of nitrogens with one attached hydrogen (secondary N) is 1. The zero-order chi connectivity index (χ0) is 17.5. The molecule has 2 aromatic rings. The average molecular weight is 327 g/mol. The van der Waals surface area contributed by atoms with E-state index < -0.39 is 6.10 Å². The first kappa shape index (κ1) is 17.9. The van der Waals surface area contributed by atoms with E-state index in [2.05, 4.69) is 11.4 Å². The summed E-state index contributed by atoms with van der Waals surface area (Å²) < 4.78 is 11.0. The monoisotopic (exact) mass is 327 g/mol. The second-order valence-electron chi connectivity index (χ2n) is 5.77. The highest BCUT2D eigenvalue weighted by Gasteiger charge is 2.19. The third-order valence-electron chi connectivity index (χ3n) is 3.97. The third-order valence-corrected chi connectivity index (χ3v) is 3.97. The van der Waals surface area contributed by atoms with Gasteiger partial charge in [0.2, 0.25) is 0 Å². The lowest BCUT2D eigenvalue weighted by atomic mass is 10.0. The molecule has 2 unspecified atom stereocenters. The zero-order valence-corrected chi connectivity index (χ0v) is 14.7. The Morgan fingerprint density at radius 2 is 1.88 bits per heavy atom. The number of hydrogen-bond donors (Lipinski definition) is 1. The molecule has 128 valence electrons. The van der Waals surface area contributed by atoms with Crippen LogP contribution in [0.5, 0.6) is 11.5 Å². The van der Waals surface area contributed by atoms with Gasteiger partial charge in [-0.1, -0.05) is 37.3 Å². The molecule has 2 atom stereocenters. The minimum Gasteiger partial charge on any atom is -0.496 e. The topological polar surface area (TPSA) is 47.6 Å². The summed E-state index contributed by atoms with van der Waals surface area (Å²) in [5.74, 6) is 1.41. The summed E-state index contributed by atoms with van der Waals surface area (Å²) in [6.45, 7) is 5.81. The fourth-order valence-corrected chi connectivity index (χ4v) is 2.59. The normalized spacial score (nSPS) is 13.0. The van der Waals surface area contributed by atoms with Crippen LogP contribution in [0.15, 0.2) is 48.5 Å². The summed E-state index contributed by atoms with van der Waals surface area (Å²) in [6, 6.07) is 15.3. The lowest BCUT2D eigenvalue weighted by Crippen LogP contribution is -2.38. The summed E-state index contributed by atoms with van der Waals surface area (Å²) in [4.78, 5) is 12.4. The van der Waals surface area contributed by atoms with Gasteiger partial charge in [0.25, 0.3) is 5.91 Å². The fourth-order valence-electron chi connectivity index (χ4n) is 2.59. The molecule has 1 N–H and O–H groups in total. The minimum atomic E-state index is -0.555. The second kappa shape index (κ2) is 8.39. The maximum atomic E-state index is 12.4. The second-order valence-corrected chi connectivity index (χ2v) is 5.77. The van der Waals surface area contributed by atoms with E-state index in [-0.39, 0.29) is 11.9 Å². The van der Waals surface area contributed by atoms with Crippen molar-refractivity contribution >= 4 is 5.91 Å². The molecule has 0 radical (unpaired) electrons. The molecule has 1 amide bonds. The first-order chi connectivity index (χ1) is 11.5. The van der Waals surface area contributed by atoms with E-state index in [4.69, 9.17) is 9.47 Å². The van der Waals surface area contributed by atoms with Crippen LogP contribution in [0.3, 0.4) is 0 Å².